The van der Waals surface area contributed by atoms with Gasteiger partial charge in [-0.25, -0.2) is 0 Å². The van der Waals surface area contributed by atoms with Crippen molar-refractivity contribution in [3.8, 4) is 0 Å². The number of halogens is 1. The Hall–Kier alpha value is -0.580. The fraction of sp³-hybridized carbons (Fsp3) is 0.111. The van der Waals surface area contributed by atoms with Crippen LogP contribution in [0.2, 0.25) is 5.02 Å². The maximum atomic E-state index is 10.3. The van der Waals surface area contributed by atoms with Crippen molar-refractivity contribution >= 4 is 45.7 Å². The first-order valence-corrected chi connectivity index (χ1v) is 5.51. The number of thiocarbonyl (C=S) groups is 1. The van der Waals surface area contributed by atoms with Gasteiger partial charge < -0.3 is 5.11 Å². The second-order valence-corrected chi connectivity index (χ2v) is 4.57. The second kappa shape index (κ2) is 5.34. The predicted octanol–water partition coefficient (Wildman–Crippen LogP) is 2.83. The Morgan fingerprint density at radius 1 is 1.57 bits per heavy atom. The first kappa shape index (κ1) is 11.5. The molecule has 0 saturated heterocycles. The summed E-state index contributed by atoms with van der Waals surface area (Å²) in [5.41, 5.74) is 0.791. The van der Waals surface area contributed by atoms with E-state index in [-0.39, 0.29) is 5.75 Å². The van der Waals surface area contributed by atoms with Crippen LogP contribution >= 0.6 is 35.6 Å². The summed E-state index contributed by atoms with van der Waals surface area (Å²) >= 11 is 11.9. The SMILES string of the molecule is O=C(O)CSC(=S)c1cccc(Cl)c1. The molecule has 0 fully saturated rings. The van der Waals surface area contributed by atoms with Gasteiger partial charge in [-0.1, -0.05) is 36.0 Å². The summed E-state index contributed by atoms with van der Waals surface area (Å²) in [5.74, 6) is -0.898. The van der Waals surface area contributed by atoms with Gasteiger partial charge in [0.15, 0.2) is 0 Å². The Kier molecular flexibility index (Phi) is 4.38. The number of aliphatic carboxylic acids is 1. The zero-order valence-electron chi connectivity index (χ0n) is 7.07. The minimum absolute atomic E-state index is 0.0225. The number of hydrogen-bond acceptors (Lipinski definition) is 3. The predicted molar refractivity (Wildman–Crippen MR) is 63.2 cm³/mol. The van der Waals surface area contributed by atoms with Crippen LogP contribution in [-0.2, 0) is 4.79 Å². The maximum absolute atomic E-state index is 10.3. The summed E-state index contributed by atoms with van der Waals surface area (Å²) < 4.78 is 0.551. The van der Waals surface area contributed by atoms with Gasteiger partial charge in [0.05, 0.1) is 9.95 Å². The summed E-state index contributed by atoms with van der Waals surface area (Å²) in [6.07, 6.45) is 0. The molecule has 1 aromatic rings. The van der Waals surface area contributed by atoms with Gasteiger partial charge in [-0.15, -0.1) is 11.8 Å². The van der Waals surface area contributed by atoms with Crippen molar-refractivity contribution < 1.29 is 9.90 Å². The minimum atomic E-state index is -0.876. The van der Waals surface area contributed by atoms with Gasteiger partial charge in [-0.05, 0) is 12.1 Å². The third-order valence-corrected chi connectivity index (χ3v) is 3.10. The molecule has 0 aromatic heterocycles. The van der Waals surface area contributed by atoms with Gasteiger partial charge in [0, 0.05) is 10.6 Å². The van der Waals surface area contributed by atoms with Gasteiger partial charge in [0.25, 0.3) is 0 Å². The Labute approximate surface area is 96.3 Å². The van der Waals surface area contributed by atoms with Crippen molar-refractivity contribution in [2.45, 2.75) is 0 Å². The Morgan fingerprint density at radius 3 is 2.86 bits per heavy atom. The fourth-order valence-electron chi connectivity index (χ4n) is 0.826. The average Bonchev–Trinajstić information content (AvgIpc) is 2.14. The van der Waals surface area contributed by atoms with E-state index >= 15 is 0 Å². The minimum Gasteiger partial charge on any atom is -0.481 e. The molecular weight excluding hydrogens is 240 g/mol. The van der Waals surface area contributed by atoms with Crippen LogP contribution in [0.1, 0.15) is 5.56 Å². The third-order valence-electron chi connectivity index (χ3n) is 1.39. The molecule has 0 aliphatic carbocycles. The second-order valence-electron chi connectivity index (χ2n) is 2.48. The van der Waals surface area contributed by atoms with Gasteiger partial charge in [0.1, 0.15) is 0 Å². The number of benzene rings is 1. The third kappa shape index (κ3) is 3.65. The highest BCUT2D eigenvalue weighted by molar-refractivity contribution is 8.24. The van der Waals surface area contributed by atoms with Crippen molar-refractivity contribution in [1.82, 2.24) is 0 Å². The largest absolute Gasteiger partial charge is 0.481 e. The molecule has 0 unspecified atom stereocenters. The average molecular weight is 247 g/mol. The molecule has 0 radical (unpaired) electrons. The molecule has 0 heterocycles. The van der Waals surface area contributed by atoms with E-state index in [0.29, 0.717) is 9.22 Å². The molecule has 0 saturated carbocycles. The van der Waals surface area contributed by atoms with Crippen LogP contribution in [0, 0.1) is 0 Å². The monoisotopic (exact) mass is 246 g/mol. The summed E-state index contributed by atoms with van der Waals surface area (Å²) in [6, 6.07) is 7.06. The number of thioether (sulfide) groups is 1. The molecule has 0 amide bonds. The van der Waals surface area contributed by atoms with E-state index in [9.17, 15) is 4.79 Å². The standard InChI is InChI=1S/C9H7ClO2S2/c10-7-3-1-2-6(4-7)9(13)14-5-8(11)12/h1-4H,5H2,(H,11,12). The number of rotatable bonds is 3. The Morgan fingerprint density at radius 2 is 2.29 bits per heavy atom. The molecule has 14 heavy (non-hydrogen) atoms. The van der Waals surface area contributed by atoms with Crippen molar-refractivity contribution in [2.24, 2.45) is 0 Å². The van der Waals surface area contributed by atoms with Crippen LogP contribution in [0.4, 0.5) is 0 Å². The maximum Gasteiger partial charge on any atom is 0.313 e. The lowest BCUT2D eigenvalue weighted by Gasteiger charge is -2.01. The topological polar surface area (TPSA) is 37.3 Å². The molecule has 0 atom stereocenters. The zero-order valence-corrected chi connectivity index (χ0v) is 9.46. The molecule has 0 spiro atoms. The van der Waals surface area contributed by atoms with Crippen LogP contribution in [0.25, 0.3) is 0 Å². The van der Waals surface area contributed by atoms with E-state index in [1.807, 2.05) is 6.07 Å². The lowest BCUT2D eigenvalue weighted by molar-refractivity contribution is -0.133. The highest BCUT2D eigenvalue weighted by Gasteiger charge is 2.05. The number of carbonyl (C=O) groups is 1. The lowest BCUT2D eigenvalue weighted by Crippen LogP contribution is -2.02. The smallest absolute Gasteiger partial charge is 0.313 e. The molecule has 1 rings (SSSR count). The highest BCUT2D eigenvalue weighted by Crippen LogP contribution is 2.17. The van der Waals surface area contributed by atoms with Crippen LogP contribution in [0.15, 0.2) is 24.3 Å². The first-order valence-electron chi connectivity index (χ1n) is 3.74. The molecule has 0 aliphatic heterocycles. The van der Waals surface area contributed by atoms with Crippen molar-refractivity contribution in [3.05, 3.63) is 34.9 Å². The number of carboxylic acids is 1. The van der Waals surface area contributed by atoms with E-state index in [0.717, 1.165) is 17.3 Å². The summed E-state index contributed by atoms with van der Waals surface area (Å²) in [6.45, 7) is 0. The van der Waals surface area contributed by atoms with Crippen LogP contribution in [-0.4, -0.2) is 21.0 Å². The lowest BCUT2D eigenvalue weighted by atomic mass is 10.2. The van der Waals surface area contributed by atoms with E-state index in [1.165, 1.54) is 0 Å². The Bertz CT molecular complexity index is 366. The molecule has 74 valence electrons. The van der Waals surface area contributed by atoms with Crippen molar-refractivity contribution in [3.63, 3.8) is 0 Å². The van der Waals surface area contributed by atoms with Gasteiger partial charge in [0.2, 0.25) is 0 Å². The normalized spacial score (nSPS) is 9.79. The molecule has 1 N–H and O–H groups in total. The van der Waals surface area contributed by atoms with Gasteiger partial charge in [-0.3, -0.25) is 4.79 Å². The van der Waals surface area contributed by atoms with Crippen molar-refractivity contribution in [1.29, 1.82) is 0 Å². The highest BCUT2D eigenvalue weighted by atomic mass is 35.5. The molecule has 1 aromatic carbocycles. The van der Waals surface area contributed by atoms with E-state index in [1.54, 1.807) is 18.2 Å². The Balaban J connectivity index is 2.65. The van der Waals surface area contributed by atoms with Crippen LogP contribution in [0.5, 0.6) is 0 Å². The van der Waals surface area contributed by atoms with E-state index in [4.69, 9.17) is 28.9 Å². The summed E-state index contributed by atoms with van der Waals surface area (Å²) in [4.78, 5) is 10.3. The van der Waals surface area contributed by atoms with Gasteiger partial charge >= 0.3 is 5.97 Å². The molecule has 0 aliphatic rings. The summed E-state index contributed by atoms with van der Waals surface area (Å²) in [5, 5.41) is 9.06. The summed E-state index contributed by atoms with van der Waals surface area (Å²) in [7, 11) is 0. The van der Waals surface area contributed by atoms with Crippen LogP contribution < -0.4 is 0 Å². The molecule has 2 nitrogen and oxygen atoms in total. The first-order chi connectivity index (χ1) is 6.59. The molecule has 5 heteroatoms. The van der Waals surface area contributed by atoms with Crippen LogP contribution in [0.3, 0.4) is 0 Å². The van der Waals surface area contributed by atoms with E-state index in [2.05, 4.69) is 0 Å². The van der Waals surface area contributed by atoms with Crippen molar-refractivity contribution in [2.75, 3.05) is 5.75 Å². The number of carboxylic acid groups (broad SMARTS) is 1. The van der Waals surface area contributed by atoms with E-state index < -0.39 is 5.97 Å². The molecular formula is C9H7ClO2S2. The molecule has 0 bridgehead atoms. The fourth-order valence-corrected chi connectivity index (χ4v) is 1.87. The quantitative estimate of drug-likeness (QED) is 0.833. The zero-order chi connectivity index (χ0) is 10.6. The number of hydrogen-bond donors (Lipinski definition) is 1. The van der Waals surface area contributed by atoms with Gasteiger partial charge in [-0.2, -0.15) is 0 Å².